The smallest absolute Gasteiger partial charge is 0.259 e. The Labute approximate surface area is 222 Å². The molecule has 4 rings (SSSR count). The van der Waals surface area contributed by atoms with Gasteiger partial charge in [0.2, 0.25) is 10.0 Å². The number of nitrogens with two attached hydrogens (primary N) is 1. The van der Waals surface area contributed by atoms with E-state index in [-0.39, 0.29) is 40.1 Å². The van der Waals surface area contributed by atoms with Crippen molar-refractivity contribution in [1.82, 2.24) is 14.5 Å². The van der Waals surface area contributed by atoms with Gasteiger partial charge < -0.3 is 16.0 Å². The number of benzene rings is 2. The maximum absolute atomic E-state index is 13.6. The number of nitrogens with zero attached hydrogens (tertiary/aromatic N) is 2. The molecule has 0 aromatic heterocycles. The fourth-order valence-electron chi connectivity index (χ4n) is 4.44. The molecule has 0 bridgehead atoms. The zero-order chi connectivity index (χ0) is 25.3. The maximum atomic E-state index is 13.6. The van der Waals surface area contributed by atoms with Crippen molar-refractivity contribution in [3.63, 3.8) is 0 Å². The van der Waals surface area contributed by atoms with Crippen LogP contribution in [0.25, 0.3) is 0 Å². The van der Waals surface area contributed by atoms with Gasteiger partial charge in [0.25, 0.3) is 11.8 Å². The molecule has 35 heavy (non-hydrogen) atoms. The SMILES string of the molecule is NC1CCC(NC(=O)C2N(C(=O)c3cccc(Br)c3)CCN2S(=O)(=O)c2ccc(Cl)c(Cl)c2)CC1. The van der Waals surface area contributed by atoms with E-state index in [1.807, 2.05) is 0 Å². The third kappa shape index (κ3) is 5.68. The van der Waals surface area contributed by atoms with Crippen molar-refractivity contribution >= 4 is 61.0 Å². The fourth-order valence-corrected chi connectivity index (χ4v) is 6.78. The highest BCUT2D eigenvalue weighted by atomic mass is 79.9. The second-order valence-corrected chi connectivity index (χ2v) is 12.3. The maximum Gasteiger partial charge on any atom is 0.259 e. The summed E-state index contributed by atoms with van der Waals surface area (Å²) in [6, 6.07) is 10.7. The highest BCUT2D eigenvalue weighted by Gasteiger charge is 2.47. The van der Waals surface area contributed by atoms with E-state index in [2.05, 4.69) is 21.2 Å². The Kier molecular flexibility index (Phi) is 8.09. The van der Waals surface area contributed by atoms with E-state index in [0.29, 0.717) is 22.9 Å². The van der Waals surface area contributed by atoms with Gasteiger partial charge in [-0.15, -0.1) is 0 Å². The number of amides is 2. The van der Waals surface area contributed by atoms with Crippen molar-refractivity contribution in [2.75, 3.05) is 13.1 Å². The van der Waals surface area contributed by atoms with Gasteiger partial charge in [-0.05, 0) is 62.1 Å². The summed E-state index contributed by atoms with van der Waals surface area (Å²) in [5.74, 6) is -0.987. The molecule has 1 aliphatic carbocycles. The molecule has 2 fully saturated rings. The van der Waals surface area contributed by atoms with Crippen LogP contribution in [0.2, 0.25) is 10.0 Å². The van der Waals surface area contributed by atoms with Gasteiger partial charge in [0.1, 0.15) is 0 Å². The van der Waals surface area contributed by atoms with E-state index in [1.54, 1.807) is 24.3 Å². The summed E-state index contributed by atoms with van der Waals surface area (Å²) in [5, 5.41) is 3.24. The minimum atomic E-state index is -4.17. The molecule has 1 saturated carbocycles. The number of carbonyl (C=O) groups is 2. The van der Waals surface area contributed by atoms with Crippen LogP contribution in [0.1, 0.15) is 36.0 Å². The zero-order valence-corrected chi connectivity index (χ0v) is 22.6. The summed E-state index contributed by atoms with van der Waals surface area (Å²) in [4.78, 5) is 28.1. The summed E-state index contributed by atoms with van der Waals surface area (Å²) in [5.41, 5.74) is 6.32. The predicted octanol–water partition coefficient (Wildman–Crippen LogP) is 3.61. The van der Waals surface area contributed by atoms with Crippen LogP contribution >= 0.6 is 39.1 Å². The number of rotatable bonds is 5. The molecule has 1 atom stereocenters. The number of sulfonamides is 1. The van der Waals surface area contributed by atoms with E-state index >= 15 is 0 Å². The second-order valence-electron chi connectivity index (χ2n) is 8.69. The lowest BCUT2D eigenvalue weighted by molar-refractivity contribution is -0.128. The second kappa shape index (κ2) is 10.7. The Morgan fingerprint density at radius 3 is 2.37 bits per heavy atom. The van der Waals surface area contributed by atoms with Crippen LogP contribution in [-0.4, -0.2) is 60.8 Å². The van der Waals surface area contributed by atoms with Gasteiger partial charge in [0.05, 0.1) is 14.9 Å². The fraction of sp³-hybridized carbons (Fsp3) is 0.391. The molecule has 0 spiro atoms. The summed E-state index contributed by atoms with van der Waals surface area (Å²) in [6.45, 7) is 0.00940. The Morgan fingerprint density at radius 2 is 1.71 bits per heavy atom. The van der Waals surface area contributed by atoms with Gasteiger partial charge >= 0.3 is 0 Å². The number of nitrogens with one attached hydrogen (secondary N) is 1. The molecule has 1 unspecified atom stereocenters. The van der Waals surface area contributed by atoms with Crippen molar-refractivity contribution < 1.29 is 18.0 Å². The van der Waals surface area contributed by atoms with Crippen LogP contribution in [0, 0.1) is 0 Å². The first-order valence-corrected chi connectivity index (χ1v) is 14.2. The monoisotopic (exact) mass is 602 g/mol. The summed E-state index contributed by atoms with van der Waals surface area (Å²) >= 11 is 15.4. The van der Waals surface area contributed by atoms with Gasteiger partial charge in [-0.25, -0.2) is 8.42 Å². The Morgan fingerprint density at radius 1 is 1.00 bits per heavy atom. The first-order valence-electron chi connectivity index (χ1n) is 11.2. The highest BCUT2D eigenvalue weighted by Crippen LogP contribution is 2.31. The molecular weight excluding hydrogens is 579 g/mol. The van der Waals surface area contributed by atoms with Crippen molar-refractivity contribution in [1.29, 1.82) is 0 Å². The van der Waals surface area contributed by atoms with Crippen molar-refractivity contribution in [3.8, 4) is 0 Å². The van der Waals surface area contributed by atoms with Crippen LogP contribution < -0.4 is 11.1 Å². The first-order chi connectivity index (χ1) is 16.6. The molecule has 0 radical (unpaired) electrons. The van der Waals surface area contributed by atoms with Crippen LogP contribution in [0.15, 0.2) is 51.8 Å². The molecule has 188 valence electrons. The summed E-state index contributed by atoms with van der Waals surface area (Å²) in [6.07, 6.45) is 1.57. The minimum absolute atomic E-state index is 0.0457. The summed E-state index contributed by atoms with van der Waals surface area (Å²) < 4.78 is 28.9. The molecule has 2 aliphatic rings. The van der Waals surface area contributed by atoms with Crippen molar-refractivity contribution in [2.24, 2.45) is 5.73 Å². The van der Waals surface area contributed by atoms with Crippen LogP contribution in [-0.2, 0) is 14.8 Å². The first kappa shape index (κ1) is 26.4. The normalized spacial score (nSPS) is 23.3. The van der Waals surface area contributed by atoms with E-state index in [1.165, 1.54) is 23.1 Å². The van der Waals surface area contributed by atoms with E-state index in [0.717, 1.165) is 17.1 Å². The van der Waals surface area contributed by atoms with Crippen LogP contribution in [0.4, 0.5) is 0 Å². The van der Waals surface area contributed by atoms with Gasteiger partial charge in [-0.2, -0.15) is 4.31 Å². The van der Waals surface area contributed by atoms with E-state index < -0.39 is 28.0 Å². The number of hydrogen-bond donors (Lipinski definition) is 2. The molecule has 1 aliphatic heterocycles. The molecule has 8 nitrogen and oxygen atoms in total. The quantitative estimate of drug-likeness (QED) is 0.542. The van der Waals surface area contributed by atoms with Crippen molar-refractivity contribution in [3.05, 3.63) is 62.5 Å². The third-order valence-corrected chi connectivity index (χ3v) is 9.39. The highest BCUT2D eigenvalue weighted by molar-refractivity contribution is 9.10. The van der Waals surface area contributed by atoms with Gasteiger partial charge in [-0.3, -0.25) is 9.59 Å². The minimum Gasteiger partial charge on any atom is -0.350 e. The molecular formula is C23H25BrCl2N4O4S. The standard InChI is InChI=1S/C23H25BrCl2N4O4S/c24-15-3-1-2-14(12-15)23(32)29-10-11-30(35(33,34)18-8-9-19(25)20(26)13-18)22(29)21(31)28-17-6-4-16(27)5-7-17/h1-3,8-9,12-13,16-17,22H,4-7,10-11,27H2,(H,28,31). The van der Waals surface area contributed by atoms with Crippen LogP contribution in [0.3, 0.4) is 0 Å². The van der Waals surface area contributed by atoms with Crippen LogP contribution in [0.5, 0.6) is 0 Å². The van der Waals surface area contributed by atoms with Crippen molar-refractivity contribution in [2.45, 2.75) is 48.8 Å². The molecule has 2 aromatic rings. The number of hydrogen-bond acceptors (Lipinski definition) is 5. The Bertz CT molecular complexity index is 1240. The largest absolute Gasteiger partial charge is 0.350 e. The average molecular weight is 604 g/mol. The lowest BCUT2D eigenvalue weighted by Crippen LogP contribution is -2.56. The topological polar surface area (TPSA) is 113 Å². The third-order valence-electron chi connectivity index (χ3n) is 6.31. The average Bonchev–Trinajstić information content (AvgIpc) is 3.28. The van der Waals surface area contributed by atoms with Gasteiger partial charge in [0, 0.05) is 35.2 Å². The molecule has 1 heterocycles. The lowest BCUT2D eigenvalue weighted by atomic mass is 9.92. The molecule has 2 amide bonds. The number of halogens is 3. The molecule has 1 saturated heterocycles. The van der Waals surface area contributed by atoms with E-state index in [9.17, 15) is 18.0 Å². The Hall–Kier alpha value is -1.69. The molecule has 2 aromatic carbocycles. The number of carbonyl (C=O) groups excluding carboxylic acids is 2. The summed E-state index contributed by atoms with van der Waals surface area (Å²) in [7, 11) is -4.17. The van der Waals surface area contributed by atoms with Gasteiger partial charge in [-0.1, -0.05) is 45.2 Å². The zero-order valence-electron chi connectivity index (χ0n) is 18.7. The molecule has 3 N–H and O–H groups in total. The predicted molar refractivity (Wildman–Crippen MR) is 138 cm³/mol. The molecule has 12 heteroatoms. The lowest BCUT2D eigenvalue weighted by Gasteiger charge is -2.32. The Balaban J connectivity index is 1.67. The van der Waals surface area contributed by atoms with E-state index in [4.69, 9.17) is 28.9 Å². The van der Waals surface area contributed by atoms with Gasteiger partial charge in [0.15, 0.2) is 6.17 Å².